The predicted octanol–water partition coefficient (Wildman–Crippen LogP) is 4.52. The van der Waals surface area contributed by atoms with E-state index >= 15 is 0 Å². The number of hydrogen-bond acceptors (Lipinski definition) is 8. The van der Waals surface area contributed by atoms with Gasteiger partial charge in [0.1, 0.15) is 17.6 Å². The number of benzene rings is 2. The van der Waals surface area contributed by atoms with Gasteiger partial charge in [-0.25, -0.2) is 23.7 Å². The van der Waals surface area contributed by atoms with Crippen molar-refractivity contribution in [2.24, 2.45) is 0 Å². The second-order valence-electron chi connectivity index (χ2n) is 10.8. The number of esters is 2. The first kappa shape index (κ1) is 31.8. The Morgan fingerprint density at radius 2 is 1.77 bits per heavy atom. The third kappa shape index (κ3) is 7.26. The van der Waals surface area contributed by atoms with Crippen LogP contribution in [0.5, 0.6) is 0 Å². The number of imidazole rings is 1. The molecule has 3 amide bonds. The lowest BCUT2D eigenvalue weighted by molar-refractivity contribution is -0.201. The van der Waals surface area contributed by atoms with E-state index in [0.717, 1.165) is 4.31 Å². The van der Waals surface area contributed by atoms with Crippen LogP contribution in [-0.2, 0) is 25.5 Å². The van der Waals surface area contributed by atoms with Gasteiger partial charge in [-0.3, -0.25) is 13.9 Å². The number of urea groups is 1. The fraction of sp³-hybridized carbons (Fsp3) is 0.370. The summed E-state index contributed by atoms with van der Waals surface area (Å²) in [6.07, 6.45) is -5.28. The Bertz CT molecular complexity index is 1500. The van der Waals surface area contributed by atoms with Gasteiger partial charge in [0, 0.05) is 0 Å². The first-order valence-electron chi connectivity index (χ1n) is 13.0. The van der Waals surface area contributed by atoms with Crippen LogP contribution in [0.15, 0.2) is 48.5 Å². The van der Waals surface area contributed by atoms with Crippen LogP contribution in [-0.4, -0.2) is 65.5 Å². The maximum Gasteiger partial charge on any atom is 0.491 e. The summed E-state index contributed by atoms with van der Waals surface area (Å²) in [6, 6.07) is 12.0. The molecule has 1 aliphatic rings. The van der Waals surface area contributed by atoms with Crippen molar-refractivity contribution in [3.8, 4) is 0 Å². The molecule has 3 aromatic rings. The zero-order chi connectivity index (χ0) is 31.7. The fourth-order valence-corrected chi connectivity index (χ4v) is 7.05. The highest BCUT2D eigenvalue weighted by Crippen LogP contribution is 2.65. The number of nitrogens with zero attached hydrogens (tertiary/aromatic N) is 2. The van der Waals surface area contributed by atoms with Crippen molar-refractivity contribution >= 4 is 45.7 Å². The number of ether oxygens (including phenoxy) is 1. The van der Waals surface area contributed by atoms with Gasteiger partial charge in [-0.1, -0.05) is 36.4 Å². The second kappa shape index (κ2) is 11.9. The number of hydrogen-bond donors (Lipinski definition) is 5. The number of para-hydroxylation sites is 2. The molecule has 0 radical (unpaired) electrons. The van der Waals surface area contributed by atoms with E-state index in [2.05, 4.69) is 25.3 Å². The van der Waals surface area contributed by atoms with Gasteiger partial charge in [0.2, 0.25) is 5.91 Å². The summed E-state index contributed by atoms with van der Waals surface area (Å²) in [6.45, 7) is 4.15. The standard InChI is InChI=1S/C27H30F3N5O7S/c1-26(2,3)35-21(36)13-20(43(35,40)41)16-10-8-15(9-11-16)12-19(23-32-17-6-4-5-7-18(17)33-23)34-25(39)31-14-22(37)42-24(38)27(28,29)30/h4-11,19-20,40-41H,12-14H2,1-3H3,(H,32,33)(H2,31,34,39)/t19-,20?/m0/s1. The third-order valence-corrected chi connectivity index (χ3v) is 9.00. The van der Waals surface area contributed by atoms with Crippen LogP contribution in [0.3, 0.4) is 0 Å². The molecule has 2 atom stereocenters. The number of carbonyl (C=O) groups is 4. The van der Waals surface area contributed by atoms with Gasteiger partial charge in [-0.15, -0.1) is 10.8 Å². The number of nitrogens with one attached hydrogen (secondary N) is 3. The van der Waals surface area contributed by atoms with Crippen LogP contribution in [0.2, 0.25) is 0 Å². The van der Waals surface area contributed by atoms with E-state index < -0.39 is 58.3 Å². The summed E-state index contributed by atoms with van der Waals surface area (Å²) in [5.74, 6) is -4.33. The minimum absolute atomic E-state index is 0.0702. The van der Waals surface area contributed by atoms with Crippen LogP contribution in [0, 0.1) is 0 Å². The molecule has 0 saturated carbocycles. The molecule has 4 rings (SSSR count). The van der Waals surface area contributed by atoms with Gasteiger partial charge < -0.3 is 20.4 Å². The Kier molecular flexibility index (Phi) is 8.76. The highest BCUT2D eigenvalue weighted by Gasteiger charge is 2.49. The molecule has 0 aliphatic carbocycles. The van der Waals surface area contributed by atoms with Crippen LogP contribution < -0.4 is 10.6 Å². The van der Waals surface area contributed by atoms with E-state index in [1.165, 1.54) is 0 Å². The molecule has 12 nitrogen and oxygen atoms in total. The maximum absolute atomic E-state index is 12.6. The van der Waals surface area contributed by atoms with E-state index in [1.54, 1.807) is 69.3 Å². The SMILES string of the molecule is CC(C)(C)N1C(=O)CC(c2ccc(C[C@H](NC(=O)NCC(=O)OC(=O)C(F)(F)F)c3nc4ccccc4[nH]3)cc2)S1(O)O. The second-order valence-corrected chi connectivity index (χ2v) is 12.9. The Labute approximate surface area is 245 Å². The molecular formula is C27H30F3N5O7S. The van der Waals surface area contributed by atoms with Crippen LogP contribution in [0.4, 0.5) is 18.0 Å². The molecule has 1 unspecified atom stereocenters. The summed E-state index contributed by atoms with van der Waals surface area (Å²) in [5, 5.41) is 3.84. The number of halogens is 3. The molecule has 0 spiro atoms. The minimum Gasteiger partial charge on any atom is -0.385 e. The van der Waals surface area contributed by atoms with Crippen LogP contribution in [0.1, 0.15) is 55.4 Å². The molecule has 5 N–H and O–H groups in total. The molecule has 1 fully saturated rings. The zero-order valence-electron chi connectivity index (χ0n) is 23.3. The van der Waals surface area contributed by atoms with Crippen molar-refractivity contribution in [1.82, 2.24) is 24.9 Å². The number of aromatic amines is 1. The topological polar surface area (TPSA) is 174 Å². The summed E-state index contributed by atoms with van der Waals surface area (Å²) >= 11 is 0. The minimum atomic E-state index is -5.36. The Morgan fingerprint density at radius 1 is 1.12 bits per heavy atom. The van der Waals surface area contributed by atoms with Gasteiger partial charge in [0.05, 0.1) is 29.0 Å². The lowest BCUT2D eigenvalue weighted by atomic mass is 10.0. The van der Waals surface area contributed by atoms with Crippen molar-refractivity contribution in [1.29, 1.82) is 0 Å². The van der Waals surface area contributed by atoms with Crippen LogP contribution in [0.25, 0.3) is 11.0 Å². The molecule has 16 heteroatoms. The number of rotatable bonds is 7. The highest BCUT2D eigenvalue weighted by molar-refractivity contribution is 8.23. The van der Waals surface area contributed by atoms with Gasteiger partial charge in [-0.05, 0) is 50.5 Å². The van der Waals surface area contributed by atoms with Crippen molar-refractivity contribution in [2.75, 3.05) is 6.54 Å². The van der Waals surface area contributed by atoms with Gasteiger partial charge in [-0.2, -0.15) is 13.2 Å². The first-order chi connectivity index (χ1) is 20.0. The molecule has 232 valence electrons. The number of amides is 3. The Morgan fingerprint density at radius 3 is 2.35 bits per heavy atom. The zero-order valence-corrected chi connectivity index (χ0v) is 24.1. The van der Waals surface area contributed by atoms with E-state index in [1.807, 2.05) is 0 Å². The van der Waals surface area contributed by atoms with E-state index in [-0.39, 0.29) is 18.7 Å². The van der Waals surface area contributed by atoms with Crippen LogP contribution >= 0.6 is 10.8 Å². The largest absolute Gasteiger partial charge is 0.491 e. The van der Waals surface area contributed by atoms with Gasteiger partial charge in [0.15, 0.2) is 0 Å². The molecule has 2 aromatic carbocycles. The number of aromatic nitrogens is 2. The Balaban J connectivity index is 1.50. The van der Waals surface area contributed by atoms with E-state index in [4.69, 9.17) is 0 Å². The highest BCUT2D eigenvalue weighted by atomic mass is 32.3. The summed E-state index contributed by atoms with van der Waals surface area (Å²) in [4.78, 5) is 55.2. The van der Waals surface area contributed by atoms with Crippen molar-refractivity contribution < 1.29 is 46.2 Å². The predicted molar refractivity (Wildman–Crippen MR) is 149 cm³/mol. The van der Waals surface area contributed by atoms with Crippen molar-refractivity contribution in [3.05, 3.63) is 65.5 Å². The first-order valence-corrected chi connectivity index (χ1v) is 14.5. The number of H-pyrrole nitrogens is 1. The molecule has 0 bridgehead atoms. The lowest BCUT2D eigenvalue weighted by Gasteiger charge is -2.47. The maximum atomic E-state index is 12.6. The summed E-state index contributed by atoms with van der Waals surface area (Å²) in [5.41, 5.74) is 1.71. The quantitative estimate of drug-likeness (QED) is 0.188. The number of alkyl halides is 3. The number of fused-ring (bicyclic) bond motifs is 1. The Hall–Kier alpha value is -4.15. The molecule has 1 saturated heterocycles. The molecular weight excluding hydrogens is 595 g/mol. The fourth-order valence-electron chi connectivity index (χ4n) is 4.72. The van der Waals surface area contributed by atoms with Gasteiger partial charge >= 0.3 is 24.1 Å². The van der Waals surface area contributed by atoms with Crippen molar-refractivity contribution in [2.45, 2.75) is 56.6 Å². The lowest BCUT2D eigenvalue weighted by Crippen LogP contribution is -2.43. The van der Waals surface area contributed by atoms with E-state index in [9.17, 15) is 41.5 Å². The summed E-state index contributed by atoms with van der Waals surface area (Å²) < 4.78 is 63.7. The normalized spacial score (nSPS) is 18.3. The molecule has 2 heterocycles. The monoisotopic (exact) mass is 625 g/mol. The van der Waals surface area contributed by atoms with Crippen molar-refractivity contribution in [3.63, 3.8) is 0 Å². The average molecular weight is 626 g/mol. The van der Waals surface area contributed by atoms with Gasteiger partial charge in [0.25, 0.3) is 0 Å². The van der Waals surface area contributed by atoms with E-state index in [0.29, 0.717) is 28.0 Å². The molecule has 43 heavy (non-hydrogen) atoms. The molecule has 1 aromatic heterocycles. The molecule has 1 aliphatic heterocycles. The third-order valence-electron chi connectivity index (χ3n) is 6.51. The average Bonchev–Trinajstić information content (AvgIpc) is 3.44. The smallest absolute Gasteiger partial charge is 0.385 e. The number of carbonyl (C=O) groups excluding carboxylic acids is 4. The summed E-state index contributed by atoms with van der Waals surface area (Å²) in [7, 11) is -3.44.